The Hall–Kier alpha value is -1.16. The van der Waals surface area contributed by atoms with Gasteiger partial charge < -0.3 is 0 Å². The molecule has 8 atom stereocenters. The summed E-state index contributed by atoms with van der Waals surface area (Å²) in [7, 11) is 0. The molecule has 0 saturated carbocycles. The Morgan fingerprint density at radius 2 is 1.13 bits per heavy atom. The molecule has 10 aliphatic rings. The molecule has 0 aliphatic carbocycles. The van der Waals surface area contributed by atoms with Crippen molar-refractivity contribution in [3.8, 4) is 12.1 Å². The fourth-order valence-corrected chi connectivity index (χ4v) is 94.9. The van der Waals surface area contributed by atoms with E-state index in [1.165, 1.54) is 0 Å². The van der Waals surface area contributed by atoms with Crippen molar-refractivity contribution in [2.75, 3.05) is 0 Å². The van der Waals surface area contributed by atoms with Crippen LogP contribution in [0.4, 0.5) is 0 Å². The molecule has 4 nitrogen and oxygen atoms in total. The standard InChI is InChI=1S/2C9H8NO.Fe/c2*10-7-3-6-9(11)8-4-1-2-5-8;/h2*1-2,4-5H,3,6H2;. The predicted molar refractivity (Wildman–Crippen MR) is 75.1 cm³/mol. The number of nitrogens with zero attached hydrogens (tertiary/aromatic N) is 2. The van der Waals surface area contributed by atoms with Crippen LogP contribution in [0, 0.1) is 22.7 Å². The van der Waals surface area contributed by atoms with Crippen LogP contribution in [0.1, 0.15) is 25.7 Å². The average molecular weight is 348 g/mol. The van der Waals surface area contributed by atoms with Crippen molar-refractivity contribution in [3.05, 3.63) is 0 Å². The predicted octanol–water partition coefficient (Wildman–Crippen LogP) is 3.86. The van der Waals surface area contributed by atoms with Gasteiger partial charge in [-0.25, -0.2) is 0 Å². The molecule has 10 saturated heterocycles. The summed E-state index contributed by atoms with van der Waals surface area (Å²) in [5, 5.41) is 17.8. The Labute approximate surface area is 123 Å². The van der Waals surface area contributed by atoms with Crippen LogP contribution in [-0.4, -0.2) is 11.6 Å². The van der Waals surface area contributed by atoms with Gasteiger partial charge in [-0.05, 0) is 0 Å². The first-order chi connectivity index (χ1) is 10.9. The number of hydrogen-bond donors (Lipinski definition) is 0. The number of rotatable bonds is 6. The van der Waals surface area contributed by atoms with Crippen molar-refractivity contribution < 1.29 is 16.1 Å². The van der Waals surface area contributed by atoms with E-state index in [4.69, 9.17) is 10.5 Å². The topological polar surface area (TPSA) is 81.7 Å². The molecule has 10 aliphatic heterocycles. The summed E-state index contributed by atoms with van der Waals surface area (Å²) in [6.45, 7) is -3.98. The van der Waals surface area contributed by atoms with E-state index in [1.54, 1.807) is 0 Å². The molecule has 118 valence electrons. The summed E-state index contributed by atoms with van der Waals surface area (Å²) >= 11 is 0. The molecule has 8 unspecified atom stereocenters. The summed E-state index contributed by atoms with van der Waals surface area (Å²) in [5.74, 6) is 0.885. The third kappa shape index (κ3) is 0.123. The second-order valence-electron chi connectivity index (χ2n) is 11.9. The molecular weight excluding hydrogens is 332 g/mol. The van der Waals surface area contributed by atoms with Crippen molar-refractivity contribution >= 4 is 11.6 Å². The van der Waals surface area contributed by atoms with E-state index < -0.39 is 6.51 Å². The fraction of sp³-hybridized carbons (Fsp3) is 0.778. The number of ketones is 2. The first kappa shape index (κ1) is 9.97. The van der Waals surface area contributed by atoms with Crippen LogP contribution in [0.5, 0.6) is 0 Å². The third-order valence-electron chi connectivity index (χ3n) is 16.6. The SMILES string of the molecule is N#CCCC(=O)[C]12[CH]3[CH]4[CH]5[CH]1[Fe]45321678[CH]2[CH]1[CH]6[C]7(C(=O)CCC#N)[CH]28. The zero-order chi connectivity index (χ0) is 15.3. The van der Waals surface area contributed by atoms with E-state index in [9.17, 15) is 9.59 Å². The van der Waals surface area contributed by atoms with Crippen LogP contribution in [0.15, 0.2) is 0 Å². The van der Waals surface area contributed by atoms with Gasteiger partial charge in [0.15, 0.2) is 0 Å². The van der Waals surface area contributed by atoms with E-state index in [2.05, 4.69) is 12.1 Å². The van der Waals surface area contributed by atoms with Crippen LogP contribution >= 0.6 is 0 Å². The Bertz CT molecular complexity index is 1230. The van der Waals surface area contributed by atoms with Crippen LogP contribution in [-0.2, 0) is 16.1 Å². The number of carbonyl (C=O) groups excluding carboxylic acids is 2. The molecule has 0 amide bonds. The Kier molecular flexibility index (Phi) is 0.422. The number of nitriles is 2. The average Bonchev–Trinajstić information content (AvgIpc) is 3.49. The van der Waals surface area contributed by atoms with Gasteiger partial charge in [-0.1, -0.05) is 0 Å². The minimum absolute atomic E-state index is 0.0492. The number of hydrogen-bond acceptors (Lipinski definition) is 4. The van der Waals surface area contributed by atoms with Gasteiger partial charge in [-0.2, -0.15) is 0 Å². The number of fused-ring (bicyclic) bond motifs is 10. The number of carbonyl (C=O) groups is 2. The minimum atomic E-state index is -3.98. The van der Waals surface area contributed by atoms with Gasteiger partial charge in [0.2, 0.25) is 0 Å². The monoisotopic (exact) mass is 348 g/mol. The molecule has 0 aromatic carbocycles. The van der Waals surface area contributed by atoms with Gasteiger partial charge >= 0.3 is 123 Å². The first-order valence-corrected chi connectivity index (χ1v) is 15.1. The maximum atomic E-state index is 13.3. The van der Waals surface area contributed by atoms with Crippen molar-refractivity contribution in [2.45, 2.75) is 72.8 Å². The van der Waals surface area contributed by atoms with Gasteiger partial charge in [0.1, 0.15) is 0 Å². The molecule has 0 aromatic heterocycles. The third-order valence-corrected chi connectivity index (χ3v) is 59.4. The Morgan fingerprint density at radius 1 is 0.783 bits per heavy atom. The molecule has 10 rings (SSSR count). The van der Waals surface area contributed by atoms with Crippen LogP contribution in [0.3, 0.4) is 0 Å². The first-order valence-electron chi connectivity index (χ1n) is 8.91. The molecule has 1 spiro atoms. The van der Waals surface area contributed by atoms with Crippen LogP contribution in [0.2, 0.25) is 47.2 Å². The summed E-state index contributed by atoms with van der Waals surface area (Å²) in [4.78, 5) is 33.0. The fourth-order valence-electron chi connectivity index (χ4n) is 18.8. The van der Waals surface area contributed by atoms with Crippen molar-refractivity contribution in [1.29, 1.82) is 10.5 Å². The second kappa shape index (κ2) is 0.972. The van der Waals surface area contributed by atoms with Crippen molar-refractivity contribution in [2.24, 2.45) is 0 Å². The summed E-state index contributed by atoms with van der Waals surface area (Å²) < 4.78 is 0.0983. The molecule has 0 radical (unpaired) electrons. The van der Waals surface area contributed by atoms with E-state index >= 15 is 0 Å². The van der Waals surface area contributed by atoms with Gasteiger partial charge in [0.25, 0.3) is 0 Å². The molecule has 0 bridgehead atoms. The Morgan fingerprint density at radius 3 is 1.39 bits per heavy atom. The van der Waals surface area contributed by atoms with Gasteiger partial charge in [0.05, 0.1) is 0 Å². The van der Waals surface area contributed by atoms with Crippen molar-refractivity contribution in [3.63, 3.8) is 0 Å². The van der Waals surface area contributed by atoms with E-state index in [0.717, 1.165) is 38.5 Å². The van der Waals surface area contributed by atoms with E-state index in [1.807, 2.05) is 0 Å². The zero-order valence-electron chi connectivity index (χ0n) is 12.5. The van der Waals surface area contributed by atoms with Gasteiger partial charge in [-0.3, -0.25) is 0 Å². The van der Waals surface area contributed by atoms with Gasteiger partial charge in [0, 0.05) is 0 Å². The molecule has 0 N–H and O–H groups in total. The normalized spacial score (nSPS) is 93.3. The second-order valence-corrected chi connectivity index (χ2v) is 35.1. The maximum absolute atomic E-state index is 13.3. The van der Waals surface area contributed by atoms with Crippen LogP contribution < -0.4 is 0 Å². The quantitative estimate of drug-likeness (QED) is 0.683. The Balaban J connectivity index is 1.31. The molecular formula is C18H16FeN2O2. The van der Waals surface area contributed by atoms with E-state index in [-0.39, 0.29) is 8.63 Å². The van der Waals surface area contributed by atoms with Crippen molar-refractivity contribution in [1.82, 2.24) is 0 Å². The number of Topliss-reactive ketones (excluding diaryl/α,β-unsaturated/α-hetero) is 2. The van der Waals surface area contributed by atoms with E-state index in [0.29, 0.717) is 37.2 Å². The molecule has 5 heteroatoms. The molecule has 10 heterocycles. The molecule has 10 fully saturated rings. The zero-order valence-corrected chi connectivity index (χ0v) is 13.6. The van der Waals surface area contributed by atoms with Gasteiger partial charge in [-0.15, -0.1) is 0 Å². The summed E-state index contributed by atoms with van der Waals surface area (Å²) in [6.07, 6.45) is 1.63. The molecule has 23 heavy (non-hydrogen) atoms. The summed E-state index contributed by atoms with van der Waals surface area (Å²) in [5.41, 5.74) is 0. The van der Waals surface area contributed by atoms with Crippen LogP contribution in [0.25, 0.3) is 0 Å². The summed E-state index contributed by atoms with van der Waals surface area (Å²) in [6, 6.07) is 4.32. The molecule has 0 aromatic rings.